The minimum absolute atomic E-state index is 0.373. The van der Waals surface area contributed by atoms with Gasteiger partial charge >= 0.3 is 0 Å². The highest BCUT2D eigenvalue weighted by Crippen LogP contribution is 2.26. The first-order valence-electron chi connectivity index (χ1n) is 5.98. The number of benzene rings is 1. The van der Waals surface area contributed by atoms with Crippen LogP contribution in [0, 0.1) is 6.92 Å². The van der Waals surface area contributed by atoms with Crippen LogP contribution in [0.2, 0.25) is 0 Å². The smallest absolute Gasteiger partial charge is 0.149 e. The summed E-state index contributed by atoms with van der Waals surface area (Å²) >= 11 is 0. The average molecular weight is 242 g/mol. The normalized spacial score (nSPS) is 10.3. The van der Waals surface area contributed by atoms with Crippen LogP contribution in [0.15, 0.2) is 36.4 Å². The van der Waals surface area contributed by atoms with E-state index in [9.17, 15) is 0 Å². The Balaban J connectivity index is 2.38. The number of hydrogen-bond acceptors (Lipinski definition) is 4. The zero-order valence-corrected chi connectivity index (χ0v) is 10.7. The molecule has 0 fully saturated rings. The van der Waals surface area contributed by atoms with Crippen molar-refractivity contribution in [2.24, 2.45) is 0 Å². The third-order valence-corrected chi connectivity index (χ3v) is 2.88. The van der Waals surface area contributed by atoms with Gasteiger partial charge in [-0.15, -0.1) is 0 Å². The minimum Gasteiger partial charge on any atom is -0.396 e. The fourth-order valence-corrected chi connectivity index (χ4v) is 1.83. The lowest BCUT2D eigenvalue weighted by molar-refractivity contribution is 0.992. The molecule has 0 bridgehead atoms. The number of rotatable bonds is 3. The quantitative estimate of drug-likeness (QED) is 0.868. The first kappa shape index (κ1) is 12.2. The Labute approximate surface area is 107 Å². The first-order valence-corrected chi connectivity index (χ1v) is 5.98. The van der Waals surface area contributed by atoms with Gasteiger partial charge in [0.2, 0.25) is 0 Å². The van der Waals surface area contributed by atoms with Crippen LogP contribution in [0.1, 0.15) is 12.5 Å². The highest BCUT2D eigenvalue weighted by molar-refractivity contribution is 5.67. The molecule has 4 heteroatoms. The lowest BCUT2D eigenvalue weighted by Crippen LogP contribution is -2.18. The van der Waals surface area contributed by atoms with Crippen molar-refractivity contribution >= 4 is 23.0 Å². The molecule has 0 atom stereocenters. The molecular weight excluding hydrogens is 224 g/mol. The number of nitrogen functional groups attached to an aromatic ring is 2. The predicted octanol–water partition coefficient (Wildman–Crippen LogP) is 2.71. The van der Waals surface area contributed by atoms with Gasteiger partial charge in [0.1, 0.15) is 11.6 Å². The highest BCUT2D eigenvalue weighted by atomic mass is 15.2. The van der Waals surface area contributed by atoms with Crippen molar-refractivity contribution in [1.29, 1.82) is 0 Å². The zero-order chi connectivity index (χ0) is 13.1. The standard InChI is InChI=1S/C14H18N4/c1-3-18(11-6-4-10(2)5-7-11)13-9-8-12(15)14(16)17-13/h4-9H,3,15H2,1-2H3,(H2,16,17). The number of anilines is 4. The summed E-state index contributed by atoms with van der Waals surface area (Å²) in [5.41, 5.74) is 14.3. The average Bonchev–Trinajstić information content (AvgIpc) is 2.37. The summed E-state index contributed by atoms with van der Waals surface area (Å²) in [6.07, 6.45) is 0. The van der Waals surface area contributed by atoms with Crippen LogP contribution < -0.4 is 16.4 Å². The topological polar surface area (TPSA) is 68.2 Å². The zero-order valence-electron chi connectivity index (χ0n) is 10.7. The van der Waals surface area contributed by atoms with Gasteiger partial charge < -0.3 is 16.4 Å². The molecule has 1 aromatic carbocycles. The van der Waals surface area contributed by atoms with Gasteiger partial charge in [0.05, 0.1) is 5.69 Å². The van der Waals surface area contributed by atoms with Gasteiger partial charge in [-0.3, -0.25) is 0 Å². The molecule has 0 amide bonds. The van der Waals surface area contributed by atoms with Gasteiger partial charge in [-0.25, -0.2) is 4.98 Å². The van der Waals surface area contributed by atoms with Gasteiger partial charge in [-0.1, -0.05) is 17.7 Å². The summed E-state index contributed by atoms with van der Waals surface area (Å²) in [4.78, 5) is 6.41. The third kappa shape index (κ3) is 2.37. The van der Waals surface area contributed by atoms with Gasteiger partial charge in [0.25, 0.3) is 0 Å². The Bertz CT molecular complexity index is 534. The van der Waals surface area contributed by atoms with Crippen LogP contribution in [0.4, 0.5) is 23.0 Å². The number of pyridine rings is 1. The summed E-state index contributed by atoms with van der Waals surface area (Å²) < 4.78 is 0. The lowest BCUT2D eigenvalue weighted by atomic mass is 10.2. The van der Waals surface area contributed by atoms with Gasteiger partial charge in [0, 0.05) is 12.2 Å². The molecule has 1 aromatic heterocycles. The molecular formula is C14H18N4. The monoisotopic (exact) mass is 242 g/mol. The fourth-order valence-electron chi connectivity index (χ4n) is 1.83. The number of nitrogens with zero attached hydrogens (tertiary/aromatic N) is 2. The van der Waals surface area contributed by atoms with Crippen LogP contribution in [0.3, 0.4) is 0 Å². The number of aromatic nitrogens is 1. The largest absolute Gasteiger partial charge is 0.396 e. The van der Waals surface area contributed by atoms with Crippen molar-refractivity contribution in [2.75, 3.05) is 22.9 Å². The second-order valence-corrected chi connectivity index (χ2v) is 4.22. The van der Waals surface area contributed by atoms with E-state index in [-0.39, 0.29) is 0 Å². The summed E-state index contributed by atoms with van der Waals surface area (Å²) in [5.74, 6) is 1.19. The van der Waals surface area contributed by atoms with Crippen LogP contribution >= 0.6 is 0 Å². The molecule has 0 aliphatic rings. The van der Waals surface area contributed by atoms with E-state index in [1.54, 1.807) is 6.07 Å². The number of hydrogen-bond donors (Lipinski definition) is 2. The fraction of sp³-hybridized carbons (Fsp3) is 0.214. The van der Waals surface area contributed by atoms with Crippen molar-refractivity contribution in [3.8, 4) is 0 Å². The van der Waals surface area contributed by atoms with Gasteiger partial charge in [-0.05, 0) is 38.1 Å². The van der Waals surface area contributed by atoms with E-state index in [2.05, 4.69) is 48.0 Å². The molecule has 0 aliphatic heterocycles. The maximum Gasteiger partial charge on any atom is 0.149 e. The predicted molar refractivity (Wildman–Crippen MR) is 76.9 cm³/mol. The molecule has 4 nitrogen and oxygen atoms in total. The first-order chi connectivity index (χ1) is 8.61. The number of nitrogens with two attached hydrogens (primary N) is 2. The minimum atomic E-state index is 0.373. The van der Waals surface area contributed by atoms with Gasteiger partial charge in [-0.2, -0.15) is 0 Å². The Morgan fingerprint density at radius 3 is 2.28 bits per heavy atom. The maximum atomic E-state index is 5.75. The molecule has 0 aliphatic carbocycles. The van der Waals surface area contributed by atoms with Crippen molar-refractivity contribution in [3.05, 3.63) is 42.0 Å². The molecule has 0 unspecified atom stereocenters. The van der Waals surface area contributed by atoms with E-state index >= 15 is 0 Å². The molecule has 0 spiro atoms. The Hall–Kier alpha value is -2.23. The molecule has 4 N–H and O–H groups in total. The van der Waals surface area contributed by atoms with E-state index in [0.29, 0.717) is 11.5 Å². The van der Waals surface area contributed by atoms with Crippen LogP contribution in [-0.4, -0.2) is 11.5 Å². The van der Waals surface area contributed by atoms with Crippen LogP contribution in [0.5, 0.6) is 0 Å². The SMILES string of the molecule is CCN(c1ccc(C)cc1)c1ccc(N)c(N)n1. The third-order valence-electron chi connectivity index (χ3n) is 2.88. The Morgan fingerprint density at radius 1 is 1.06 bits per heavy atom. The van der Waals surface area contributed by atoms with Crippen LogP contribution in [0.25, 0.3) is 0 Å². The molecule has 94 valence electrons. The maximum absolute atomic E-state index is 5.75. The summed E-state index contributed by atoms with van der Waals surface area (Å²) in [6, 6.07) is 12.0. The molecule has 2 aromatic rings. The van der Waals surface area contributed by atoms with E-state index in [1.807, 2.05) is 6.07 Å². The molecule has 18 heavy (non-hydrogen) atoms. The van der Waals surface area contributed by atoms with E-state index in [1.165, 1.54) is 5.56 Å². The van der Waals surface area contributed by atoms with Crippen molar-refractivity contribution in [1.82, 2.24) is 4.98 Å². The van der Waals surface area contributed by atoms with Gasteiger partial charge in [0.15, 0.2) is 0 Å². The molecule has 0 saturated carbocycles. The van der Waals surface area contributed by atoms with Crippen LogP contribution in [-0.2, 0) is 0 Å². The second-order valence-electron chi connectivity index (χ2n) is 4.22. The Morgan fingerprint density at radius 2 is 1.72 bits per heavy atom. The lowest BCUT2D eigenvalue weighted by Gasteiger charge is -2.22. The number of aryl methyl sites for hydroxylation is 1. The highest BCUT2D eigenvalue weighted by Gasteiger charge is 2.09. The summed E-state index contributed by atoms with van der Waals surface area (Å²) in [5, 5.41) is 0. The van der Waals surface area contributed by atoms with E-state index < -0.39 is 0 Å². The molecule has 0 saturated heterocycles. The van der Waals surface area contributed by atoms with E-state index in [4.69, 9.17) is 11.5 Å². The van der Waals surface area contributed by atoms with E-state index in [0.717, 1.165) is 18.1 Å². The summed E-state index contributed by atoms with van der Waals surface area (Å²) in [6.45, 7) is 4.97. The van der Waals surface area contributed by atoms with Crippen molar-refractivity contribution < 1.29 is 0 Å². The molecule has 2 rings (SSSR count). The molecule has 0 radical (unpaired) electrons. The van der Waals surface area contributed by atoms with Crippen molar-refractivity contribution in [3.63, 3.8) is 0 Å². The Kier molecular flexibility index (Phi) is 3.37. The second kappa shape index (κ2) is 4.96. The van der Waals surface area contributed by atoms with Crippen molar-refractivity contribution in [2.45, 2.75) is 13.8 Å². The molecule has 1 heterocycles. The summed E-state index contributed by atoms with van der Waals surface area (Å²) in [7, 11) is 0.